The van der Waals surface area contributed by atoms with Crippen LogP contribution in [0.5, 0.6) is 5.75 Å². The molecule has 0 unspecified atom stereocenters. The van der Waals surface area contributed by atoms with E-state index in [2.05, 4.69) is 4.98 Å². The molecular formula is C32H32N4O6. The first-order valence-electron chi connectivity index (χ1n) is 13.7. The number of aromatic nitrogens is 1. The number of ether oxygens (including phenoxy) is 2. The normalized spacial score (nSPS) is 14.9. The van der Waals surface area contributed by atoms with Crippen LogP contribution in [0.4, 0.5) is 4.79 Å². The van der Waals surface area contributed by atoms with Gasteiger partial charge in [0.1, 0.15) is 25.0 Å². The first kappa shape index (κ1) is 28.6. The number of pyridine rings is 1. The van der Waals surface area contributed by atoms with Gasteiger partial charge in [0.15, 0.2) is 0 Å². The van der Waals surface area contributed by atoms with Crippen LogP contribution in [0, 0.1) is 6.92 Å². The average Bonchev–Trinajstić information content (AvgIpc) is 3.02. The van der Waals surface area contributed by atoms with E-state index in [-0.39, 0.29) is 26.0 Å². The summed E-state index contributed by atoms with van der Waals surface area (Å²) in [5.41, 5.74) is 5.92. The van der Waals surface area contributed by atoms with Crippen molar-refractivity contribution in [2.75, 3.05) is 6.54 Å². The summed E-state index contributed by atoms with van der Waals surface area (Å²) in [5, 5.41) is 12.6. The van der Waals surface area contributed by atoms with E-state index in [1.54, 1.807) is 29.7 Å². The molecule has 10 heteroatoms. The molecule has 3 amide bonds. The Morgan fingerprint density at radius 3 is 2.45 bits per heavy atom. The van der Waals surface area contributed by atoms with Gasteiger partial charge in [-0.2, -0.15) is 0 Å². The summed E-state index contributed by atoms with van der Waals surface area (Å²) in [7, 11) is 0. The fourth-order valence-corrected chi connectivity index (χ4v) is 5.07. The van der Waals surface area contributed by atoms with Crippen molar-refractivity contribution >= 4 is 28.8 Å². The smallest absolute Gasteiger partial charge is 0.429 e. The van der Waals surface area contributed by atoms with Crippen molar-refractivity contribution < 1.29 is 29.1 Å². The number of hydroxylamine groups is 1. The van der Waals surface area contributed by atoms with Crippen LogP contribution in [-0.2, 0) is 34.0 Å². The summed E-state index contributed by atoms with van der Waals surface area (Å²) >= 11 is 0. The molecule has 0 radical (unpaired) electrons. The quantitative estimate of drug-likeness (QED) is 0.233. The lowest BCUT2D eigenvalue weighted by Gasteiger charge is -2.42. The molecule has 1 atom stereocenters. The summed E-state index contributed by atoms with van der Waals surface area (Å²) in [6, 6.07) is 25.1. The summed E-state index contributed by atoms with van der Waals surface area (Å²) in [5.74, 6) is -0.620. The predicted octanol–water partition coefficient (Wildman–Crippen LogP) is 4.71. The number of hydrogen-bond donors (Lipinski definition) is 2. The van der Waals surface area contributed by atoms with Crippen LogP contribution in [0.3, 0.4) is 0 Å². The molecule has 1 aromatic heterocycles. The number of para-hydroxylation sites is 1. The number of aryl methyl sites for hydroxylation is 1. The van der Waals surface area contributed by atoms with Gasteiger partial charge in [0.25, 0.3) is 5.91 Å². The summed E-state index contributed by atoms with van der Waals surface area (Å²) < 4.78 is 11.5. The van der Waals surface area contributed by atoms with Crippen LogP contribution in [0.2, 0.25) is 0 Å². The highest BCUT2D eigenvalue weighted by Crippen LogP contribution is 2.24. The molecule has 42 heavy (non-hydrogen) atoms. The molecule has 1 aliphatic heterocycles. The number of carbonyl (C=O) groups excluding carboxylic acids is 3. The minimum Gasteiger partial charge on any atom is -0.489 e. The standard InChI is InChI=1S/C32H32N4O6/c1-22-18-25(27-10-5-6-11-28(27)33-22)21-41-26-15-13-23(14-16-26)19-30(37)36-29(31(38)34-40)12-7-17-35(36)32(39)42-20-24-8-3-2-4-9-24/h2-6,8-11,13-16,18,29,40H,7,12,17,19-21H2,1H3,(H,34,38)/t29-/m1/s1. The van der Waals surface area contributed by atoms with E-state index in [0.29, 0.717) is 24.3 Å². The number of hydrazine groups is 1. The van der Waals surface area contributed by atoms with E-state index >= 15 is 0 Å². The van der Waals surface area contributed by atoms with Crippen molar-refractivity contribution in [3.8, 4) is 5.75 Å². The highest BCUT2D eigenvalue weighted by molar-refractivity contribution is 5.89. The van der Waals surface area contributed by atoms with E-state index in [1.165, 1.54) is 0 Å². The van der Waals surface area contributed by atoms with Gasteiger partial charge >= 0.3 is 6.09 Å². The van der Waals surface area contributed by atoms with E-state index < -0.39 is 23.9 Å². The molecule has 1 saturated heterocycles. The summed E-state index contributed by atoms with van der Waals surface area (Å²) in [6.45, 7) is 2.52. The van der Waals surface area contributed by atoms with Gasteiger partial charge in [0, 0.05) is 23.2 Å². The average molecular weight is 569 g/mol. The largest absolute Gasteiger partial charge is 0.489 e. The van der Waals surface area contributed by atoms with E-state index in [1.807, 2.05) is 67.6 Å². The first-order valence-corrected chi connectivity index (χ1v) is 13.7. The van der Waals surface area contributed by atoms with Crippen molar-refractivity contribution in [2.45, 2.75) is 45.4 Å². The van der Waals surface area contributed by atoms with Gasteiger partial charge in [-0.1, -0.05) is 60.7 Å². The second-order valence-corrected chi connectivity index (χ2v) is 10.1. The van der Waals surface area contributed by atoms with Crippen LogP contribution in [0.1, 0.15) is 35.2 Å². The van der Waals surface area contributed by atoms with Crippen molar-refractivity contribution in [1.82, 2.24) is 20.5 Å². The van der Waals surface area contributed by atoms with E-state index in [9.17, 15) is 19.6 Å². The zero-order valence-corrected chi connectivity index (χ0v) is 23.2. The van der Waals surface area contributed by atoms with Gasteiger partial charge in [-0.25, -0.2) is 20.3 Å². The lowest BCUT2D eigenvalue weighted by Crippen LogP contribution is -2.62. The highest BCUT2D eigenvalue weighted by atomic mass is 16.6. The SMILES string of the molecule is Cc1cc(COc2ccc(CC(=O)N3[C@@H](C(=O)NO)CCCN3C(=O)OCc3ccccc3)cc2)c2ccccc2n1. The molecular weight excluding hydrogens is 536 g/mol. The zero-order chi connectivity index (χ0) is 29.5. The first-order chi connectivity index (χ1) is 20.4. The van der Waals surface area contributed by atoms with Crippen molar-refractivity contribution in [2.24, 2.45) is 0 Å². The summed E-state index contributed by atoms with van der Waals surface area (Å²) in [6.07, 6.45) is -0.0752. The Kier molecular flexibility index (Phi) is 8.93. The number of rotatable bonds is 8. The Balaban J connectivity index is 1.26. The minimum atomic E-state index is -1.05. The van der Waals surface area contributed by atoms with Crippen LogP contribution in [-0.4, -0.2) is 50.7 Å². The van der Waals surface area contributed by atoms with Gasteiger partial charge in [0.05, 0.1) is 11.9 Å². The molecule has 2 N–H and O–H groups in total. The maximum absolute atomic E-state index is 13.5. The topological polar surface area (TPSA) is 121 Å². The number of amides is 3. The van der Waals surface area contributed by atoms with Crippen molar-refractivity contribution in [3.63, 3.8) is 0 Å². The molecule has 0 aliphatic carbocycles. The molecule has 1 aliphatic rings. The third-order valence-corrected chi connectivity index (χ3v) is 7.09. The number of nitrogens with one attached hydrogen (secondary N) is 1. The molecule has 0 spiro atoms. The predicted molar refractivity (Wildman–Crippen MR) is 154 cm³/mol. The molecule has 10 nitrogen and oxygen atoms in total. The Morgan fingerprint density at radius 1 is 0.952 bits per heavy atom. The maximum Gasteiger partial charge on any atom is 0.429 e. The minimum absolute atomic E-state index is 0.0192. The molecule has 1 fully saturated rings. The molecule has 3 aromatic carbocycles. The highest BCUT2D eigenvalue weighted by Gasteiger charge is 2.40. The Hall–Kier alpha value is -4.96. The third-order valence-electron chi connectivity index (χ3n) is 7.09. The second-order valence-electron chi connectivity index (χ2n) is 10.1. The number of carbonyl (C=O) groups is 3. The third kappa shape index (κ3) is 6.67. The molecule has 2 heterocycles. The fraction of sp³-hybridized carbons (Fsp3) is 0.250. The van der Waals surface area contributed by atoms with Gasteiger partial charge in [-0.3, -0.25) is 19.8 Å². The van der Waals surface area contributed by atoms with Crippen LogP contribution in [0.15, 0.2) is 84.9 Å². The van der Waals surface area contributed by atoms with E-state index in [4.69, 9.17) is 9.47 Å². The van der Waals surface area contributed by atoms with Crippen molar-refractivity contribution in [3.05, 3.63) is 107 Å². The Bertz CT molecular complexity index is 1560. The zero-order valence-electron chi connectivity index (χ0n) is 23.2. The molecule has 4 aromatic rings. The van der Waals surface area contributed by atoms with Gasteiger partial charge < -0.3 is 9.47 Å². The molecule has 5 rings (SSSR count). The molecule has 0 saturated carbocycles. The van der Waals surface area contributed by atoms with Gasteiger partial charge in [-0.05, 0) is 55.2 Å². The maximum atomic E-state index is 13.5. The lowest BCUT2D eigenvalue weighted by molar-refractivity contribution is -0.165. The number of hydrogen-bond acceptors (Lipinski definition) is 7. The van der Waals surface area contributed by atoms with Crippen LogP contribution >= 0.6 is 0 Å². The molecule has 0 bridgehead atoms. The van der Waals surface area contributed by atoms with Crippen molar-refractivity contribution in [1.29, 1.82) is 0 Å². The number of fused-ring (bicyclic) bond motifs is 1. The van der Waals surface area contributed by atoms with Gasteiger partial charge in [0.2, 0.25) is 5.91 Å². The van der Waals surface area contributed by atoms with Crippen LogP contribution in [0.25, 0.3) is 10.9 Å². The monoisotopic (exact) mass is 568 g/mol. The van der Waals surface area contributed by atoms with Crippen LogP contribution < -0.4 is 10.2 Å². The number of nitrogens with zero attached hydrogens (tertiary/aromatic N) is 3. The Morgan fingerprint density at radius 2 is 1.69 bits per heavy atom. The molecule has 216 valence electrons. The second kappa shape index (κ2) is 13.1. The number of benzene rings is 3. The van der Waals surface area contributed by atoms with E-state index in [0.717, 1.165) is 37.7 Å². The van der Waals surface area contributed by atoms with Gasteiger partial charge in [-0.15, -0.1) is 0 Å². The fourth-order valence-electron chi connectivity index (χ4n) is 5.07. The lowest BCUT2D eigenvalue weighted by atomic mass is 10.1. The Labute approximate surface area is 243 Å². The summed E-state index contributed by atoms with van der Waals surface area (Å²) in [4.78, 5) is 43.6.